The summed E-state index contributed by atoms with van der Waals surface area (Å²) in [5, 5.41) is 6.79. The molecule has 1 saturated carbocycles. The maximum atomic E-state index is 13.1. The van der Waals surface area contributed by atoms with E-state index >= 15 is 0 Å². The van der Waals surface area contributed by atoms with Crippen LogP contribution >= 0.6 is 0 Å². The van der Waals surface area contributed by atoms with Crippen molar-refractivity contribution < 1.29 is 9.18 Å². The Kier molecular flexibility index (Phi) is 4.73. The molecule has 5 rings (SSSR count). The molecule has 3 aromatic rings. The number of hydrogen-bond acceptors (Lipinski definition) is 3. The molecule has 1 aliphatic heterocycles. The molecule has 0 spiro atoms. The molecule has 154 valence electrons. The van der Waals surface area contributed by atoms with Gasteiger partial charge in [-0.05, 0) is 48.4 Å². The van der Waals surface area contributed by atoms with Gasteiger partial charge in [-0.3, -0.25) is 9.36 Å². The van der Waals surface area contributed by atoms with Crippen LogP contribution in [0.25, 0.3) is 22.5 Å². The Hall–Kier alpha value is -3.22. The van der Waals surface area contributed by atoms with Gasteiger partial charge in [-0.2, -0.15) is 5.10 Å². The highest BCUT2D eigenvalue weighted by Crippen LogP contribution is 2.33. The Labute approximate surface area is 173 Å². The topological polar surface area (TPSA) is 71.0 Å². The van der Waals surface area contributed by atoms with Crippen LogP contribution in [-0.2, 0) is 11.3 Å². The Balaban J connectivity index is 1.33. The van der Waals surface area contributed by atoms with Crippen molar-refractivity contribution in [2.75, 3.05) is 13.1 Å². The minimum atomic E-state index is -0.264. The first kappa shape index (κ1) is 18.8. The third-order valence-corrected chi connectivity index (χ3v) is 6.04. The molecular formula is C23H23FN4O2. The van der Waals surface area contributed by atoms with E-state index in [0.29, 0.717) is 18.9 Å². The number of H-pyrrole nitrogens is 1. The highest BCUT2D eigenvalue weighted by molar-refractivity contribution is 5.81. The average Bonchev–Trinajstić information content (AvgIpc) is 3.41. The van der Waals surface area contributed by atoms with Crippen molar-refractivity contribution in [3.05, 3.63) is 64.8 Å². The Morgan fingerprint density at radius 3 is 2.30 bits per heavy atom. The van der Waals surface area contributed by atoms with Gasteiger partial charge in [0.05, 0.1) is 0 Å². The van der Waals surface area contributed by atoms with Gasteiger partial charge in [0.1, 0.15) is 5.82 Å². The van der Waals surface area contributed by atoms with E-state index in [1.54, 1.807) is 16.7 Å². The van der Waals surface area contributed by atoms with Gasteiger partial charge in [0.25, 0.3) is 0 Å². The predicted molar refractivity (Wildman–Crippen MR) is 111 cm³/mol. The molecule has 0 bridgehead atoms. The lowest BCUT2D eigenvalue weighted by molar-refractivity contribution is -0.131. The smallest absolute Gasteiger partial charge is 0.342 e. The summed E-state index contributed by atoms with van der Waals surface area (Å²) < 4.78 is 14.8. The maximum Gasteiger partial charge on any atom is 0.343 e. The van der Waals surface area contributed by atoms with E-state index in [9.17, 15) is 14.0 Å². The summed E-state index contributed by atoms with van der Waals surface area (Å²) in [7, 11) is 0. The fourth-order valence-corrected chi connectivity index (χ4v) is 4.19. The van der Waals surface area contributed by atoms with Gasteiger partial charge in [-0.25, -0.2) is 14.3 Å². The van der Waals surface area contributed by atoms with Crippen LogP contribution in [0.5, 0.6) is 0 Å². The van der Waals surface area contributed by atoms with E-state index in [1.165, 1.54) is 12.1 Å². The third kappa shape index (κ3) is 3.67. The van der Waals surface area contributed by atoms with Gasteiger partial charge in [0.2, 0.25) is 5.91 Å². The minimum absolute atomic E-state index is 0.232. The molecule has 1 aromatic heterocycles. The second-order valence-electron chi connectivity index (χ2n) is 8.26. The summed E-state index contributed by atoms with van der Waals surface area (Å²) >= 11 is 0. The number of rotatable bonds is 5. The zero-order valence-electron chi connectivity index (χ0n) is 16.6. The molecule has 2 aliphatic rings. The van der Waals surface area contributed by atoms with Crippen LogP contribution in [0.4, 0.5) is 4.39 Å². The van der Waals surface area contributed by atoms with Crippen molar-refractivity contribution in [1.82, 2.24) is 19.7 Å². The van der Waals surface area contributed by atoms with Gasteiger partial charge in [0, 0.05) is 31.1 Å². The van der Waals surface area contributed by atoms with E-state index in [0.717, 1.165) is 42.5 Å². The summed E-state index contributed by atoms with van der Waals surface area (Å²) in [6.45, 7) is 2.02. The fourth-order valence-electron chi connectivity index (χ4n) is 4.19. The second-order valence-corrected chi connectivity index (χ2v) is 8.26. The van der Waals surface area contributed by atoms with E-state index < -0.39 is 0 Å². The number of benzene rings is 2. The largest absolute Gasteiger partial charge is 0.343 e. The Morgan fingerprint density at radius 2 is 1.63 bits per heavy atom. The summed E-state index contributed by atoms with van der Waals surface area (Å²) in [6, 6.07) is 14.1. The van der Waals surface area contributed by atoms with E-state index in [-0.39, 0.29) is 29.2 Å². The number of nitrogens with zero attached hydrogens (tertiary/aromatic N) is 3. The number of hydrogen-bond donors (Lipinski definition) is 1. The highest BCUT2D eigenvalue weighted by atomic mass is 19.1. The molecule has 2 aromatic carbocycles. The fraction of sp³-hybridized carbons (Fsp3) is 0.348. The molecule has 1 unspecified atom stereocenters. The molecule has 1 aliphatic carbocycles. The van der Waals surface area contributed by atoms with Crippen molar-refractivity contribution in [3.8, 4) is 22.5 Å². The van der Waals surface area contributed by atoms with Gasteiger partial charge in [-0.15, -0.1) is 0 Å². The molecule has 2 fully saturated rings. The molecule has 1 N–H and O–H groups in total. The third-order valence-electron chi connectivity index (χ3n) is 6.04. The molecule has 1 amide bonds. The number of nitrogens with one attached hydrogen (secondary N) is 1. The number of carbonyl (C=O) groups is 1. The summed E-state index contributed by atoms with van der Waals surface area (Å²) in [5.74, 6) is 1.09. The molecule has 1 atom stereocenters. The lowest BCUT2D eigenvalue weighted by Crippen LogP contribution is -2.31. The SMILES string of the molecule is O=C(C1CC1)N1CCC(Cn2c(-c3ccc(-c4ccc(F)cc4)cc3)n[nH]c2=O)C1. The van der Waals surface area contributed by atoms with E-state index in [2.05, 4.69) is 10.2 Å². The minimum Gasteiger partial charge on any atom is -0.342 e. The van der Waals surface area contributed by atoms with Crippen LogP contribution in [0.3, 0.4) is 0 Å². The second kappa shape index (κ2) is 7.55. The Bertz CT molecular complexity index is 1110. The van der Waals surface area contributed by atoms with E-state index in [1.807, 2.05) is 29.2 Å². The van der Waals surface area contributed by atoms with Crippen LogP contribution in [-0.4, -0.2) is 38.7 Å². The lowest BCUT2D eigenvalue weighted by atomic mass is 10.0. The molecule has 1 saturated heterocycles. The van der Waals surface area contributed by atoms with Gasteiger partial charge in [-0.1, -0.05) is 36.4 Å². The van der Waals surface area contributed by atoms with Crippen molar-refractivity contribution in [3.63, 3.8) is 0 Å². The monoisotopic (exact) mass is 406 g/mol. The molecule has 30 heavy (non-hydrogen) atoms. The standard InChI is InChI=1S/C23H23FN4O2/c24-20-9-7-17(8-10-20)16-1-3-18(4-2-16)21-25-26-23(30)28(21)14-15-11-12-27(13-15)22(29)19-5-6-19/h1-4,7-10,15,19H,5-6,11-14H2,(H,26,30). The first-order chi connectivity index (χ1) is 14.6. The summed E-state index contributed by atoms with van der Waals surface area (Å²) in [5.41, 5.74) is 2.49. The average molecular weight is 406 g/mol. The quantitative estimate of drug-likeness (QED) is 0.707. The van der Waals surface area contributed by atoms with Crippen LogP contribution in [0, 0.1) is 17.7 Å². The van der Waals surface area contributed by atoms with Crippen molar-refractivity contribution in [2.45, 2.75) is 25.8 Å². The predicted octanol–water partition coefficient (Wildman–Crippen LogP) is 3.30. The van der Waals surface area contributed by atoms with Crippen LogP contribution in [0.2, 0.25) is 0 Å². The van der Waals surface area contributed by atoms with Gasteiger partial charge >= 0.3 is 5.69 Å². The first-order valence-electron chi connectivity index (χ1n) is 10.4. The summed E-state index contributed by atoms with van der Waals surface area (Å²) in [6.07, 6.45) is 2.93. The molecule has 7 heteroatoms. The normalized spacial score (nSPS) is 18.7. The van der Waals surface area contributed by atoms with E-state index in [4.69, 9.17) is 0 Å². The lowest BCUT2D eigenvalue weighted by Gasteiger charge is -2.16. The molecule has 0 radical (unpaired) electrons. The number of aromatic nitrogens is 3. The number of amides is 1. The Morgan fingerprint density at radius 1 is 1.00 bits per heavy atom. The number of aromatic amines is 1. The summed E-state index contributed by atoms with van der Waals surface area (Å²) in [4.78, 5) is 26.6. The van der Waals surface area contributed by atoms with Crippen LogP contribution < -0.4 is 5.69 Å². The van der Waals surface area contributed by atoms with Crippen molar-refractivity contribution in [1.29, 1.82) is 0 Å². The number of halogens is 1. The maximum absolute atomic E-state index is 13.1. The zero-order valence-corrected chi connectivity index (χ0v) is 16.6. The molecule has 2 heterocycles. The first-order valence-corrected chi connectivity index (χ1v) is 10.4. The van der Waals surface area contributed by atoms with Gasteiger partial charge in [0.15, 0.2) is 5.82 Å². The van der Waals surface area contributed by atoms with Gasteiger partial charge < -0.3 is 4.90 Å². The van der Waals surface area contributed by atoms with Crippen LogP contribution in [0.1, 0.15) is 19.3 Å². The number of likely N-dealkylation sites (tertiary alicyclic amines) is 1. The highest BCUT2D eigenvalue weighted by Gasteiger charge is 2.36. The zero-order chi connectivity index (χ0) is 20.7. The number of carbonyl (C=O) groups excluding carboxylic acids is 1. The van der Waals surface area contributed by atoms with Crippen molar-refractivity contribution in [2.24, 2.45) is 11.8 Å². The van der Waals surface area contributed by atoms with Crippen LogP contribution in [0.15, 0.2) is 53.3 Å². The molecular weight excluding hydrogens is 383 g/mol. The van der Waals surface area contributed by atoms with Crippen molar-refractivity contribution >= 4 is 5.91 Å². The molecule has 6 nitrogen and oxygen atoms in total.